The molecule has 0 aromatic carbocycles. The molecule has 1 aliphatic heterocycles. The Kier molecular flexibility index (Phi) is 4.18. The highest BCUT2D eigenvalue weighted by Gasteiger charge is 2.22. The van der Waals surface area contributed by atoms with Gasteiger partial charge in [-0.3, -0.25) is 4.98 Å². The first-order valence-electron chi connectivity index (χ1n) is 6.57. The molecule has 4 nitrogen and oxygen atoms in total. The number of hydrogen-bond acceptors (Lipinski definition) is 2. The largest absolute Gasteiger partial charge is 0.325 e. The van der Waals surface area contributed by atoms with Crippen molar-refractivity contribution in [1.82, 2.24) is 14.8 Å². The molecule has 2 heterocycles. The average Bonchev–Trinajstić information content (AvgIpc) is 2.40. The van der Waals surface area contributed by atoms with Gasteiger partial charge in [-0.25, -0.2) is 4.79 Å². The van der Waals surface area contributed by atoms with E-state index in [-0.39, 0.29) is 6.03 Å². The molecule has 2 rings (SSSR count). The van der Waals surface area contributed by atoms with Crippen LogP contribution in [-0.2, 0) is 6.54 Å². The first-order valence-corrected chi connectivity index (χ1v) is 6.57. The lowest BCUT2D eigenvalue weighted by atomic mass is 10.00. The van der Waals surface area contributed by atoms with Crippen LogP contribution in [0, 0.1) is 5.92 Å². The number of hydrogen-bond donors (Lipinski definition) is 0. The van der Waals surface area contributed by atoms with Crippen LogP contribution >= 0.6 is 0 Å². The van der Waals surface area contributed by atoms with E-state index in [1.54, 1.807) is 11.1 Å². The highest BCUT2D eigenvalue weighted by atomic mass is 16.2. The van der Waals surface area contributed by atoms with Crippen molar-refractivity contribution in [1.29, 1.82) is 0 Å². The Morgan fingerprint density at radius 1 is 1.44 bits per heavy atom. The number of aromatic nitrogens is 1. The van der Waals surface area contributed by atoms with Crippen molar-refractivity contribution in [3.8, 4) is 0 Å². The van der Waals surface area contributed by atoms with E-state index >= 15 is 0 Å². The fourth-order valence-electron chi connectivity index (χ4n) is 2.24. The van der Waals surface area contributed by atoms with Gasteiger partial charge in [-0.05, 0) is 30.9 Å². The highest BCUT2D eigenvalue weighted by molar-refractivity contribution is 5.74. The van der Waals surface area contributed by atoms with Crippen LogP contribution < -0.4 is 0 Å². The number of amides is 2. The summed E-state index contributed by atoms with van der Waals surface area (Å²) in [6.07, 6.45) is 3.99. The second kappa shape index (κ2) is 5.85. The van der Waals surface area contributed by atoms with Crippen LogP contribution in [0.1, 0.15) is 25.5 Å². The summed E-state index contributed by atoms with van der Waals surface area (Å²) < 4.78 is 0. The predicted molar refractivity (Wildman–Crippen MR) is 71.1 cm³/mol. The van der Waals surface area contributed by atoms with E-state index in [1.807, 2.05) is 30.1 Å². The zero-order valence-corrected chi connectivity index (χ0v) is 11.2. The maximum Gasteiger partial charge on any atom is 0.320 e. The lowest BCUT2D eigenvalue weighted by molar-refractivity contribution is 0.141. The van der Waals surface area contributed by atoms with E-state index in [9.17, 15) is 4.79 Å². The van der Waals surface area contributed by atoms with E-state index in [0.29, 0.717) is 6.54 Å². The van der Waals surface area contributed by atoms with Crippen molar-refractivity contribution in [3.05, 3.63) is 30.1 Å². The van der Waals surface area contributed by atoms with Crippen LogP contribution in [0.15, 0.2) is 24.4 Å². The smallest absolute Gasteiger partial charge is 0.320 e. The van der Waals surface area contributed by atoms with E-state index in [1.165, 1.54) is 0 Å². The summed E-state index contributed by atoms with van der Waals surface area (Å²) in [5.74, 6) is 0.746. The molecule has 1 aromatic heterocycles. The van der Waals surface area contributed by atoms with Crippen LogP contribution in [0.3, 0.4) is 0 Å². The molecule has 2 amide bonds. The lowest BCUT2D eigenvalue weighted by Crippen LogP contribution is -2.44. The highest BCUT2D eigenvalue weighted by Crippen LogP contribution is 2.17. The second-order valence-corrected chi connectivity index (χ2v) is 5.13. The van der Waals surface area contributed by atoms with Crippen molar-refractivity contribution < 1.29 is 4.79 Å². The number of urea groups is 1. The summed E-state index contributed by atoms with van der Waals surface area (Å²) >= 11 is 0. The number of carbonyl (C=O) groups excluding carboxylic acids is 1. The monoisotopic (exact) mass is 247 g/mol. The molecule has 0 bridgehead atoms. The van der Waals surface area contributed by atoms with Crippen LogP contribution in [0.4, 0.5) is 4.79 Å². The molecule has 0 spiro atoms. The van der Waals surface area contributed by atoms with Crippen LogP contribution in [0.5, 0.6) is 0 Å². The third-order valence-corrected chi connectivity index (χ3v) is 3.51. The summed E-state index contributed by atoms with van der Waals surface area (Å²) in [5, 5.41) is 0. The number of piperidine rings is 1. The van der Waals surface area contributed by atoms with Crippen LogP contribution in [0.25, 0.3) is 0 Å². The number of pyridine rings is 1. The van der Waals surface area contributed by atoms with Crippen molar-refractivity contribution in [3.63, 3.8) is 0 Å². The molecule has 1 aliphatic rings. The number of nitrogens with zero attached hydrogens (tertiary/aromatic N) is 3. The molecule has 0 unspecified atom stereocenters. The molecule has 0 N–H and O–H groups in total. The molecule has 1 aromatic rings. The van der Waals surface area contributed by atoms with Gasteiger partial charge in [0, 0.05) is 26.3 Å². The normalized spacial score (nSPS) is 16.7. The molecular weight excluding hydrogens is 226 g/mol. The summed E-state index contributed by atoms with van der Waals surface area (Å²) in [6.45, 7) is 4.59. The summed E-state index contributed by atoms with van der Waals surface area (Å²) in [6, 6.07) is 5.90. The van der Waals surface area contributed by atoms with E-state index in [2.05, 4.69) is 11.9 Å². The zero-order chi connectivity index (χ0) is 13.0. The van der Waals surface area contributed by atoms with Crippen LogP contribution in [0.2, 0.25) is 0 Å². The van der Waals surface area contributed by atoms with Gasteiger partial charge in [0.2, 0.25) is 0 Å². The minimum Gasteiger partial charge on any atom is -0.325 e. The third kappa shape index (κ3) is 3.22. The van der Waals surface area contributed by atoms with E-state index in [4.69, 9.17) is 0 Å². The molecule has 0 saturated carbocycles. The van der Waals surface area contributed by atoms with Gasteiger partial charge in [-0.15, -0.1) is 0 Å². The fraction of sp³-hybridized carbons (Fsp3) is 0.571. The number of carbonyl (C=O) groups is 1. The maximum atomic E-state index is 12.2. The Hall–Kier alpha value is -1.58. The van der Waals surface area contributed by atoms with Gasteiger partial charge in [-0.2, -0.15) is 0 Å². The molecule has 0 atom stereocenters. The van der Waals surface area contributed by atoms with E-state index < -0.39 is 0 Å². The number of rotatable bonds is 2. The molecule has 0 radical (unpaired) electrons. The van der Waals surface area contributed by atoms with Crippen molar-refractivity contribution in [2.24, 2.45) is 5.92 Å². The Morgan fingerprint density at radius 2 is 2.17 bits per heavy atom. The molecule has 1 fully saturated rings. The van der Waals surface area contributed by atoms with Crippen molar-refractivity contribution in [2.75, 3.05) is 20.1 Å². The van der Waals surface area contributed by atoms with Gasteiger partial charge in [0.25, 0.3) is 0 Å². The summed E-state index contributed by atoms with van der Waals surface area (Å²) in [4.78, 5) is 20.2. The molecular formula is C14H21N3O. The Morgan fingerprint density at radius 3 is 2.78 bits per heavy atom. The molecule has 0 aliphatic carbocycles. The van der Waals surface area contributed by atoms with Gasteiger partial charge in [0.05, 0.1) is 12.2 Å². The van der Waals surface area contributed by atoms with Gasteiger partial charge in [0.15, 0.2) is 0 Å². The van der Waals surface area contributed by atoms with Crippen molar-refractivity contribution >= 4 is 6.03 Å². The lowest BCUT2D eigenvalue weighted by Gasteiger charge is -2.33. The van der Waals surface area contributed by atoms with Gasteiger partial charge < -0.3 is 9.80 Å². The molecule has 4 heteroatoms. The SMILES string of the molecule is CC1CCN(C(=O)N(C)Cc2ccccn2)CC1. The Labute approximate surface area is 109 Å². The predicted octanol–water partition coefficient (Wildman–Crippen LogP) is 2.37. The van der Waals surface area contributed by atoms with E-state index in [0.717, 1.165) is 37.5 Å². The van der Waals surface area contributed by atoms with Crippen LogP contribution in [-0.4, -0.2) is 41.0 Å². The minimum absolute atomic E-state index is 0.118. The topological polar surface area (TPSA) is 36.4 Å². The molecule has 1 saturated heterocycles. The average molecular weight is 247 g/mol. The molecule has 98 valence electrons. The maximum absolute atomic E-state index is 12.2. The minimum atomic E-state index is 0.118. The first-order chi connectivity index (χ1) is 8.66. The van der Waals surface area contributed by atoms with Gasteiger partial charge in [-0.1, -0.05) is 13.0 Å². The Bertz CT molecular complexity index is 385. The van der Waals surface area contributed by atoms with Crippen molar-refractivity contribution in [2.45, 2.75) is 26.3 Å². The quantitative estimate of drug-likeness (QED) is 0.804. The summed E-state index contributed by atoms with van der Waals surface area (Å²) in [5.41, 5.74) is 0.929. The summed E-state index contributed by atoms with van der Waals surface area (Å²) in [7, 11) is 1.84. The number of likely N-dealkylation sites (tertiary alicyclic amines) is 1. The standard InChI is InChI=1S/C14H21N3O/c1-12-6-9-17(10-7-12)14(18)16(2)11-13-5-3-4-8-15-13/h3-5,8,12H,6-7,9-11H2,1-2H3. The van der Waals surface area contributed by atoms with Gasteiger partial charge in [0.1, 0.15) is 0 Å². The first kappa shape index (κ1) is 12.9. The Balaban J connectivity index is 1.89. The third-order valence-electron chi connectivity index (χ3n) is 3.51. The second-order valence-electron chi connectivity index (χ2n) is 5.13. The molecule has 18 heavy (non-hydrogen) atoms. The fourth-order valence-corrected chi connectivity index (χ4v) is 2.24. The van der Waals surface area contributed by atoms with Gasteiger partial charge >= 0.3 is 6.03 Å². The zero-order valence-electron chi connectivity index (χ0n) is 11.2.